The first-order chi connectivity index (χ1) is 14.9. The number of ether oxygens (including phenoxy) is 2. The largest absolute Gasteiger partial charge is 0.508 e. The lowest BCUT2D eigenvalue weighted by Crippen LogP contribution is -2.29. The summed E-state index contributed by atoms with van der Waals surface area (Å²) in [6, 6.07) is 7.96. The Morgan fingerprint density at radius 2 is 1.90 bits per heavy atom. The third-order valence-electron chi connectivity index (χ3n) is 4.89. The zero-order chi connectivity index (χ0) is 22.1. The maximum atomic E-state index is 12.7. The Morgan fingerprint density at radius 1 is 1.13 bits per heavy atom. The van der Waals surface area contributed by atoms with Gasteiger partial charge in [-0.05, 0) is 29.7 Å². The van der Waals surface area contributed by atoms with Crippen LogP contribution in [0, 0.1) is 0 Å². The summed E-state index contributed by atoms with van der Waals surface area (Å²) in [6.45, 7) is 3.73. The molecule has 0 aliphatic carbocycles. The van der Waals surface area contributed by atoms with Crippen LogP contribution in [0.3, 0.4) is 0 Å². The molecule has 31 heavy (non-hydrogen) atoms. The van der Waals surface area contributed by atoms with Gasteiger partial charge < -0.3 is 30.1 Å². The summed E-state index contributed by atoms with van der Waals surface area (Å²) in [4.78, 5) is 12.7. The van der Waals surface area contributed by atoms with E-state index in [1.165, 1.54) is 10.6 Å². The van der Waals surface area contributed by atoms with Crippen molar-refractivity contribution in [2.24, 2.45) is 0 Å². The summed E-state index contributed by atoms with van der Waals surface area (Å²) in [5.41, 5.74) is 1.42. The molecular weight excluding hydrogens is 404 g/mol. The molecule has 0 saturated heterocycles. The second-order valence-corrected chi connectivity index (χ2v) is 7.28. The molecule has 0 saturated carbocycles. The average Bonchev–Trinajstić information content (AvgIpc) is 3.38. The molecule has 0 bridgehead atoms. The fraction of sp³-hybridized carbons (Fsp3) is 0.286. The highest BCUT2D eigenvalue weighted by atomic mass is 16.7. The molecule has 0 unspecified atom stereocenters. The number of carbonyl (C=O) groups excluding carboxylic acids is 1. The fourth-order valence-corrected chi connectivity index (χ4v) is 3.36. The minimum atomic E-state index is -0.548. The maximum absolute atomic E-state index is 12.7. The molecule has 0 spiro atoms. The first-order valence-electron chi connectivity index (χ1n) is 9.71. The van der Waals surface area contributed by atoms with E-state index in [0.717, 1.165) is 0 Å². The summed E-state index contributed by atoms with van der Waals surface area (Å²) in [6.07, 6.45) is 0. The van der Waals surface area contributed by atoms with Crippen molar-refractivity contribution in [3.05, 3.63) is 41.7 Å². The number of phenols is 2. The quantitative estimate of drug-likeness (QED) is 0.469. The highest BCUT2D eigenvalue weighted by Crippen LogP contribution is 2.39. The summed E-state index contributed by atoms with van der Waals surface area (Å²) >= 11 is 0. The second-order valence-electron chi connectivity index (χ2n) is 7.28. The van der Waals surface area contributed by atoms with E-state index in [1.807, 2.05) is 13.8 Å². The molecule has 3 aromatic rings. The monoisotopic (exact) mass is 426 g/mol. The molecule has 2 aromatic carbocycles. The molecular formula is C21H22N4O6. The van der Waals surface area contributed by atoms with Crippen LogP contribution in [0.4, 0.5) is 0 Å². The molecule has 162 valence electrons. The van der Waals surface area contributed by atoms with Crippen LogP contribution < -0.4 is 14.8 Å². The standard InChI is InChI=1S/C21H22N4O6/c1-11(2)13-8-14(16(28)9-15(13)27)19-23-24-20(21(29)22-5-6-26)25(19)12-3-4-17-18(7-12)31-10-30-17/h3-4,7-9,11,26-28H,5-6,10H2,1-2H3,(H,22,29). The average molecular weight is 426 g/mol. The lowest BCUT2D eigenvalue weighted by molar-refractivity contribution is 0.0932. The van der Waals surface area contributed by atoms with Gasteiger partial charge in [-0.15, -0.1) is 10.2 Å². The molecule has 2 heterocycles. The molecule has 0 radical (unpaired) electrons. The van der Waals surface area contributed by atoms with Gasteiger partial charge in [0.05, 0.1) is 17.9 Å². The third kappa shape index (κ3) is 3.73. The lowest BCUT2D eigenvalue weighted by atomic mass is 9.98. The summed E-state index contributed by atoms with van der Waals surface area (Å²) < 4.78 is 12.3. The van der Waals surface area contributed by atoms with Gasteiger partial charge in [-0.3, -0.25) is 9.36 Å². The Morgan fingerprint density at radius 3 is 2.65 bits per heavy atom. The number of amides is 1. The van der Waals surface area contributed by atoms with Gasteiger partial charge in [0.1, 0.15) is 11.5 Å². The number of fused-ring (bicyclic) bond motifs is 1. The molecule has 10 nitrogen and oxygen atoms in total. The SMILES string of the molecule is CC(C)c1cc(-c2nnc(C(=O)NCCO)n2-c2ccc3c(c2)OCO3)c(O)cc1O. The first-order valence-corrected chi connectivity index (χ1v) is 9.71. The zero-order valence-electron chi connectivity index (χ0n) is 17.0. The number of aliphatic hydroxyl groups is 1. The van der Waals surface area contributed by atoms with Gasteiger partial charge >= 0.3 is 0 Å². The number of nitrogens with zero attached hydrogens (tertiary/aromatic N) is 3. The van der Waals surface area contributed by atoms with Crippen LogP contribution in [-0.4, -0.2) is 55.9 Å². The van der Waals surface area contributed by atoms with E-state index < -0.39 is 5.91 Å². The van der Waals surface area contributed by atoms with E-state index in [2.05, 4.69) is 15.5 Å². The Balaban J connectivity index is 1.91. The van der Waals surface area contributed by atoms with Crippen molar-refractivity contribution < 1.29 is 29.6 Å². The van der Waals surface area contributed by atoms with Crippen molar-refractivity contribution in [3.8, 4) is 40.1 Å². The minimum Gasteiger partial charge on any atom is -0.508 e. The van der Waals surface area contributed by atoms with Crippen LogP contribution >= 0.6 is 0 Å². The molecule has 10 heteroatoms. The van der Waals surface area contributed by atoms with Gasteiger partial charge in [-0.1, -0.05) is 13.8 Å². The minimum absolute atomic E-state index is 0.0198. The number of carbonyl (C=O) groups is 1. The highest BCUT2D eigenvalue weighted by Gasteiger charge is 2.25. The molecule has 1 aliphatic rings. The van der Waals surface area contributed by atoms with Crippen molar-refractivity contribution in [1.82, 2.24) is 20.1 Å². The van der Waals surface area contributed by atoms with E-state index in [9.17, 15) is 15.0 Å². The summed E-state index contributed by atoms with van der Waals surface area (Å²) in [5.74, 6) is 0.413. The number of aliphatic hydroxyl groups excluding tert-OH is 1. The number of hydrogen-bond donors (Lipinski definition) is 4. The van der Waals surface area contributed by atoms with E-state index in [-0.39, 0.29) is 49.0 Å². The Kier molecular flexibility index (Phi) is 5.38. The topological polar surface area (TPSA) is 139 Å². The predicted octanol–water partition coefficient (Wildman–Crippen LogP) is 1.92. The van der Waals surface area contributed by atoms with Crippen LogP contribution in [-0.2, 0) is 0 Å². The van der Waals surface area contributed by atoms with Crippen molar-refractivity contribution in [1.29, 1.82) is 0 Å². The van der Waals surface area contributed by atoms with E-state index in [0.29, 0.717) is 28.3 Å². The molecule has 1 amide bonds. The van der Waals surface area contributed by atoms with Crippen LogP contribution in [0.5, 0.6) is 23.0 Å². The molecule has 1 aromatic heterocycles. The van der Waals surface area contributed by atoms with Gasteiger partial charge in [-0.25, -0.2) is 0 Å². The third-order valence-corrected chi connectivity index (χ3v) is 4.89. The van der Waals surface area contributed by atoms with Crippen molar-refractivity contribution in [3.63, 3.8) is 0 Å². The van der Waals surface area contributed by atoms with Gasteiger partial charge in [0.15, 0.2) is 17.3 Å². The van der Waals surface area contributed by atoms with Crippen molar-refractivity contribution in [2.45, 2.75) is 19.8 Å². The lowest BCUT2D eigenvalue weighted by Gasteiger charge is -2.15. The zero-order valence-corrected chi connectivity index (χ0v) is 17.0. The van der Waals surface area contributed by atoms with E-state index in [1.54, 1.807) is 24.3 Å². The summed E-state index contributed by atoms with van der Waals surface area (Å²) in [5, 5.41) is 40.5. The first kappa shape index (κ1) is 20.5. The number of hydrogen-bond acceptors (Lipinski definition) is 8. The summed E-state index contributed by atoms with van der Waals surface area (Å²) in [7, 11) is 0. The maximum Gasteiger partial charge on any atom is 0.289 e. The Labute approximate surface area is 177 Å². The number of nitrogens with one attached hydrogen (secondary N) is 1. The van der Waals surface area contributed by atoms with Gasteiger partial charge in [0.25, 0.3) is 5.91 Å². The normalized spacial score (nSPS) is 12.4. The Hall–Kier alpha value is -3.79. The smallest absolute Gasteiger partial charge is 0.289 e. The highest BCUT2D eigenvalue weighted by molar-refractivity contribution is 5.92. The molecule has 4 N–H and O–H groups in total. The predicted molar refractivity (Wildman–Crippen MR) is 110 cm³/mol. The van der Waals surface area contributed by atoms with Gasteiger partial charge in [0, 0.05) is 18.7 Å². The molecule has 0 atom stereocenters. The van der Waals surface area contributed by atoms with E-state index in [4.69, 9.17) is 14.6 Å². The van der Waals surface area contributed by atoms with Crippen LogP contribution in [0.2, 0.25) is 0 Å². The number of benzene rings is 2. The fourth-order valence-electron chi connectivity index (χ4n) is 3.36. The number of rotatable bonds is 6. The van der Waals surface area contributed by atoms with Crippen LogP contribution in [0.25, 0.3) is 17.1 Å². The number of aromatic hydroxyl groups is 2. The van der Waals surface area contributed by atoms with Crippen molar-refractivity contribution in [2.75, 3.05) is 19.9 Å². The molecule has 0 fully saturated rings. The Bertz CT molecular complexity index is 1140. The molecule has 4 rings (SSSR count). The number of phenolic OH excluding ortho intramolecular Hbond substituents is 2. The van der Waals surface area contributed by atoms with Crippen LogP contribution in [0.15, 0.2) is 30.3 Å². The van der Waals surface area contributed by atoms with Gasteiger partial charge in [-0.2, -0.15) is 0 Å². The van der Waals surface area contributed by atoms with Gasteiger partial charge in [0.2, 0.25) is 12.6 Å². The number of aromatic nitrogens is 3. The van der Waals surface area contributed by atoms with Crippen LogP contribution in [0.1, 0.15) is 35.9 Å². The van der Waals surface area contributed by atoms with E-state index >= 15 is 0 Å². The second kappa shape index (κ2) is 8.15. The molecule has 1 aliphatic heterocycles. The van der Waals surface area contributed by atoms with Crippen molar-refractivity contribution >= 4 is 5.91 Å².